The Bertz CT molecular complexity index is 834. The first-order valence-corrected chi connectivity index (χ1v) is 9.89. The number of rotatable bonds is 6. The van der Waals surface area contributed by atoms with E-state index in [9.17, 15) is 29.7 Å². The molecular formula is C22H28O9. The van der Waals surface area contributed by atoms with Gasteiger partial charge in [0.2, 0.25) is 0 Å². The molecule has 0 amide bonds. The Hall–Kier alpha value is -2.91. The van der Waals surface area contributed by atoms with Crippen LogP contribution in [0, 0.1) is 5.92 Å². The molecule has 0 bridgehead atoms. The van der Waals surface area contributed by atoms with Crippen LogP contribution in [0.1, 0.15) is 33.1 Å². The highest BCUT2D eigenvalue weighted by atomic mass is 16.6. The molecular weight excluding hydrogens is 408 g/mol. The monoisotopic (exact) mass is 436 g/mol. The highest BCUT2D eigenvalue weighted by molar-refractivity contribution is 5.92. The first-order valence-electron chi connectivity index (χ1n) is 9.89. The SMILES string of the molecule is C=C1C(=O)O[C@@H]2/C=C(/CO)CC/C(O)=C(/C)CC(OC(=O)/C(=C/COC(C)=O)CO)[C@@H]12. The Labute approximate surface area is 180 Å². The van der Waals surface area contributed by atoms with Crippen LogP contribution in [0.25, 0.3) is 0 Å². The van der Waals surface area contributed by atoms with Crippen LogP contribution in [-0.4, -0.2) is 65.3 Å². The largest absolute Gasteiger partial charge is 0.512 e. The van der Waals surface area contributed by atoms with Gasteiger partial charge in [-0.15, -0.1) is 0 Å². The van der Waals surface area contributed by atoms with Crippen molar-refractivity contribution in [3.63, 3.8) is 0 Å². The lowest BCUT2D eigenvalue weighted by molar-refractivity contribution is -0.148. The molecule has 0 aromatic carbocycles. The zero-order valence-electron chi connectivity index (χ0n) is 17.6. The second kappa shape index (κ2) is 10.9. The summed E-state index contributed by atoms with van der Waals surface area (Å²) in [6.07, 6.45) is 1.86. The number of aliphatic hydroxyl groups is 3. The maximum Gasteiger partial charge on any atom is 0.336 e. The number of hydrogen-bond donors (Lipinski definition) is 3. The van der Waals surface area contributed by atoms with Crippen LogP contribution in [0.5, 0.6) is 0 Å². The van der Waals surface area contributed by atoms with Crippen molar-refractivity contribution in [3.8, 4) is 0 Å². The van der Waals surface area contributed by atoms with Crippen LogP contribution in [0.4, 0.5) is 0 Å². The van der Waals surface area contributed by atoms with Crippen LogP contribution in [0.3, 0.4) is 0 Å². The lowest BCUT2D eigenvalue weighted by atomic mass is 9.85. The standard InChI is InChI=1S/C22H28O9/c1-12-8-18(31-22(28)16(11-24)6-7-29-14(3)25)20-13(2)21(27)30-19(20)9-15(10-23)4-5-17(12)26/h6,9,18-20,23-24,26H,2,4-5,7-8,10-11H2,1,3H3/b15-9+,16-6+,17-12+/t18?,19-,20-/m1/s1. The molecule has 2 aliphatic rings. The maximum absolute atomic E-state index is 12.7. The minimum Gasteiger partial charge on any atom is -0.512 e. The average molecular weight is 436 g/mol. The summed E-state index contributed by atoms with van der Waals surface area (Å²) in [6.45, 7) is 5.52. The number of aliphatic hydroxyl groups excluding tert-OH is 3. The Morgan fingerprint density at radius 3 is 2.65 bits per heavy atom. The molecule has 2 rings (SSSR count). The molecule has 1 saturated heterocycles. The van der Waals surface area contributed by atoms with Gasteiger partial charge < -0.3 is 29.5 Å². The minimum atomic E-state index is -0.934. The van der Waals surface area contributed by atoms with Crippen molar-refractivity contribution in [2.45, 2.75) is 45.3 Å². The number of fused-ring (bicyclic) bond motifs is 1. The molecule has 1 heterocycles. The van der Waals surface area contributed by atoms with Gasteiger partial charge in [-0.25, -0.2) is 9.59 Å². The van der Waals surface area contributed by atoms with Crippen LogP contribution < -0.4 is 0 Å². The fraction of sp³-hybridized carbons (Fsp3) is 0.500. The fourth-order valence-corrected chi connectivity index (χ4v) is 3.47. The predicted octanol–water partition coefficient (Wildman–Crippen LogP) is 1.41. The van der Waals surface area contributed by atoms with E-state index >= 15 is 0 Å². The van der Waals surface area contributed by atoms with Gasteiger partial charge in [0.1, 0.15) is 18.8 Å². The molecule has 9 nitrogen and oxygen atoms in total. The van der Waals surface area contributed by atoms with Gasteiger partial charge in [0.25, 0.3) is 0 Å². The number of carbonyl (C=O) groups is 3. The van der Waals surface area contributed by atoms with Crippen LogP contribution in [0.15, 0.2) is 46.8 Å². The van der Waals surface area contributed by atoms with Gasteiger partial charge in [-0.05, 0) is 36.6 Å². The van der Waals surface area contributed by atoms with Gasteiger partial charge in [0, 0.05) is 25.3 Å². The fourth-order valence-electron chi connectivity index (χ4n) is 3.47. The summed E-state index contributed by atoms with van der Waals surface area (Å²) in [7, 11) is 0. The predicted molar refractivity (Wildman–Crippen MR) is 109 cm³/mol. The summed E-state index contributed by atoms with van der Waals surface area (Å²) in [5.74, 6) is -2.68. The molecule has 0 saturated carbocycles. The normalized spacial score (nSPS) is 28.8. The van der Waals surface area contributed by atoms with E-state index in [0.29, 0.717) is 17.6 Å². The summed E-state index contributed by atoms with van der Waals surface area (Å²) < 4.78 is 15.7. The molecule has 1 unspecified atom stereocenters. The van der Waals surface area contributed by atoms with E-state index < -0.39 is 42.6 Å². The highest BCUT2D eigenvalue weighted by Crippen LogP contribution is 2.37. The molecule has 9 heteroatoms. The molecule has 3 N–H and O–H groups in total. The Morgan fingerprint density at radius 1 is 1.32 bits per heavy atom. The van der Waals surface area contributed by atoms with E-state index in [-0.39, 0.29) is 43.0 Å². The Morgan fingerprint density at radius 2 is 2.03 bits per heavy atom. The van der Waals surface area contributed by atoms with Crippen molar-refractivity contribution in [1.82, 2.24) is 0 Å². The van der Waals surface area contributed by atoms with Crippen molar-refractivity contribution >= 4 is 17.9 Å². The van der Waals surface area contributed by atoms with E-state index in [0.717, 1.165) is 0 Å². The van der Waals surface area contributed by atoms with Gasteiger partial charge in [-0.2, -0.15) is 0 Å². The molecule has 0 spiro atoms. The molecule has 0 radical (unpaired) electrons. The quantitative estimate of drug-likeness (QED) is 0.244. The number of carbonyl (C=O) groups excluding carboxylic acids is 3. The van der Waals surface area contributed by atoms with Crippen molar-refractivity contribution < 1.29 is 43.9 Å². The molecule has 1 aliphatic heterocycles. The van der Waals surface area contributed by atoms with E-state index in [1.54, 1.807) is 13.0 Å². The number of esters is 3. The molecule has 1 aliphatic carbocycles. The van der Waals surface area contributed by atoms with E-state index in [2.05, 4.69) is 6.58 Å². The van der Waals surface area contributed by atoms with Crippen molar-refractivity contribution in [3.05, 3.63) is 46.8 Å². The topological polar surface area (TPSA) is 140 Å². The van der Waals surface area contributed by atoms with Crippen LogP contribution in [0.2, 0.25) is 0 Å². The molecule has 170 valence electrons. The molecule has 0 aromatic heterocycles. The van der Waals surface area contributed by atoms with Gasteiger partial charge in [0.05, 0.1) is 30.5 Å². The number of ether oxygens (including phenoxy) is 3. The second-order valence-electron chi connectivity index (χ2n) is 7.47. The highest BCUT2D eigenvalue weighted by Gasteiger charge is 2.45. The van der Waals surface area contributed by atoms with E-state index in [1.807, 2.05) is 0 Å². The van der Waals surface area contributed by atoms with Gasteiger partial charge >= 0.3 is 17.9 Å². The summed E-state index contributed by atoms with van der Waals surface area (Å²) >= 11 is 0. The summed E-state index contributed by atoms with van der Waals surface area (Å²) in [5, 5.41) is 29.5. The summed E-state index contributed by atoms with van der Waals surface area (Å²) in [6, 6.07) is 0. The van der Waals surface area contributed by atoms with E-state index in [1.165, 1.54) is 13.0 Å². The second-order valence-corrected chi connectivity index (χ2v) is 7.47. The smallest absolute Gasteiger partial charge is 0.336 e. The minimum absolute atomic E-state index is 0.0995. The third kappa shape index (κ3) is 6.28. The summed E-state index contributed by atoms with van der Waals surface area (Å²) in [4.78, 5) is 35.8. The molecule has 31 heavy (non-hydrogen) atoms. The summed E-state index contributed by atoms with van der Waals surface area (Å²) in [5.41, 5.74) is 1.11. The lowest BCUT2D eigenvalue weighted by Crippen LogP contribution is -2.34. The van der Waals surface area contributed by atoms with Crippen molar-refractivity contribution in [2.75, 3.05) is 19.8 Å². The van der Waals surface area contributed by atoms with Gasteiger partial charge in [-0.1, -0.05) is 6.58 Å². The maximum atomic E-state index is 12.7. The third-order valence-corrected chi connectivity index (χ3v) is 5.26. The molecule has 0 aromatic rings. The first kappa shape index (κ1) is 24.4. The third-order valence-electron chi connectivity index (χ3n) is 5.26. The zero-order chi connectivity index (χ0) is 23.1. The molecule has 3 atom stereocenters. The average Bonchev–Trinajstić information content (AvgIpc) is 2.99. The Balaban J connectivity index is 2.37. The molecule has 1 fully saturated rings. The number of allylic oxidation sites excluding steroid dienone is 1. The van der Waals surface area contributed by atoms with Crippen LogP contribution >= 0.6 is 0 Å². The lowest BCUT2D eigenvalue weighted by Gasteiger charge is -2.28. The zero-order valence-corrected chi connectivity index (χ0v) is 17.6. The van der Waals surface area contributed by atoms with Crippen molar-refractivity contribution in [1.29, 1.82) is 0 Å². The number of hydrogen-bond acceptors (Lipinski definition) is 9. The van der Waals surface area contributed by atoms with E-state index in [4.69, 9.17) is 14.2 Å². The van der Waals surface area contributed by atoms with Crippen LogP contribution in [-0.2, 0) is 28.6 Å². The van der Waals surface area contributed by atoms with Gasteiger partial charge in [0.15, 0.2) is 0 Å². The first-order chi connectivity index (χ1) is 14.7. The Kier molecular flexibility index (Phi) is 8.58. The van der Waals surface area contributed by atoms with Gasteiger partial charge in [-0.3, -0.25) is 4.79 Å². The van der Waals surface area contributed by atoms with Crippen molar-refractivity contribution in [2.24, 2.45) is 5.92 Å².